The van der Waals surface area contributed by atoms with Gasteiger partial charge < -0.3 is 15.0 Å². The molecular formula is C18H28BrClN2O2. The van der Waals surface area contributed by atoms with Crippen LogP contribution in [-0.2, 0) is 4.79 Å². The molecule has 1 saturated heterocycles. The lowest BCUT2D eigenvalue weighted by Crippen LogP contribution is -2.42. The van der Waals surface area contributed by atoms with E-state index in [0.29, 0.717) is 25.0 Å². The highest BCUT2D eigenvalue weighted by molar-refractivity contribution is 9.10. The smallest absolute Gasteiger partial charge is 0.222 e. The van der Waals surface area contributed by atoms with E-state index in [1.807, 2.05) is 24.3 Å². The first-order chi connectivity index (χ1) is 11.2. The molecule has 2 rings (SSSR count). The van der Waals surface area contributed by atoms with Crippen LogP contribution in [0.25, 0.3) is 0 Å². The molecule has 6 heteroatoms. The van der Waals surface area contributed by atoms with Crippen molar-refractivity contribution in [2.45, 2.75) is 45.1 Å². The van der Waals surface area contributed by atoms with Crippen LogP contribution in [0.1, 0.15) is 39.0 Å². The number of nitrogens with one attached hydrogen (secondary N) is 1. The Balaban J connectivity index is 0.00000288. The van der Waals surface area contributed by atoms with Crippen LogP contribution in [0.4, 0.5) is 0 Å². The molecule has 1 unspecified atom stereocenters. The number of rotatable bonds is 9. The van der Waals surface area contributed by atoms with Crippen molar-refractivity contribution in [2.24, 2.45) is 0 Å². The minimum absolute atomic E-state index is 0. The summed E-state index contributed by atoms with van der Waals surface area (Å²) in [5.74, 6) is 1.17. The quantitative estimate of drug-likeness (QED) is 0.615. The van der Waals surface area contributed by atoms with Crippen LogP contribution >= 0.6 is 28.3 Å². The Kier molecular flexibility index (Phi) is 10.4. The zero-order valence-electron chi connectivity index (χ0n) is 14.3. The molecule has 1 atom stereocenters. The summed E-state index contributed by atoms with van der Waals surface area (Å²) < 4.78 is 6.74. The number of benzene rings is 1. The largest absolute Gasteiger partial charge is 0.494 e. The van der Waals surface area contributed by atoms with Gasteiger partial charge in [-0.25, -0.2) is 0 Å². The predicted octanol–water partition coefficient (Wildman–Crippen LogP) is 4.02. The zero-order chi connectivity index (χ0) is 16.5. The monoisotopic (exact) mass is 418 g/mol. The molecular weight excluding hydrogens is 392 g/mol. The van der Waals surface area contributed by atoms with Gasteiger partial charge in [0.1, 0.15) is 5.75 Å². The third-order valence-corrected chi connectivity index (χ3v) is 4.66. The fraction of sp³-hybridized carbons (Fsp3) is 0.611. The topological polar surface area (TPSA) is 41.6 Å². The van der Waals surface area contributed by atoms with Gasteiger partial charge in [0.25, 0.3) is 0 Å². The van der Waals surface area contributed by atoms with Gasteiger partial charge in [-0.3, -0.25) is 4.79 Å². The third-order valence-electron chi connectivity index (χ3n) is 4.13. The molecule has 1 aliphatic rings. The summed E-state index contributed by atoms with van der Waals surface area (Å²) in [6.45, 7) is 5.64. The SMILES string of the molecule is CCCN(C(=O)CCCCOc1ccc(Br)cc1)C1CCNC1.Cl. The second-order valence-electron chi connectivity index (χ2n) is 5.99. The lowest BCUT2D eigenvalue weighted by molar-refractivity contribution is -0.133. The molecule has 0 aliphatic carbocycles. The van der Waals surface area contributed by atoms with Crippen molar-refractivity contribution in [3.05, 3.63) is 28.7 Å². The van der Waals surface area contributed by atoms with Crippen LogP contribution < -0.4 is 10.1 Å². The van der Waals surface area contributed by atoms with Gasteiger partial charge in [0, 0.05) is 30.0 Å². The Morgan fingerprint density at radius 3 is 2.71 bits per heavy atom. The van der Waals surface area contributed by atoms with Gasteiger partial charge in [0.05, 0.1) is 6.61 Å². The second-order valence-corrected chi connectivity index (χ2v) is 6.91. The molecule has 1 heterocycles. The Bertz CT molecular complexity index is 478. The van der Waals surface area contributed by atoms with E-state index < -0.39 is 0 Å². The molecule has 0 spiro atoms. The van der Waals surface area contributed by atoms with Gasteiger partial charge in [0.15, 0.2) is 0 Å². The standard InChI is InChI=1S/C18H27BrN2O2.ClH/c1-2-12-21(16-10-11-20-14-16)18(22)5-3-4-13-23-17-8-6-15(19)7-9-17;/h6-9,16,20H,2-5,10-14H2,1H3;1H. The molecule has 0 bridgehead atoms. The van der Waals surface area contributed by atoms with E-state index in [0.717, 1.165) is 55.5 Å². The molecule has 1 aliphatic heterocycles. The first-order valence-electron chi connectivity index (χ1n) is 8.59. The summed E-state index contributed by atoms with van der Waals surface area (Å²) in [6.07, 6.45) is 4.52. The van der Waals surface area contributed by atoms with Crippen LogP contribution in [0.2, 0.25) is 0 Å². The molecule has 0 aromatic heterocycles. The number of hydrogen-bond acceptors (Lipinski definition) is 3. The molecule has 1 aromatic rings. The maximum atomic E-state index is 12.4. The molecule has 1 aromatic carbocycles. The van der Waals surface area contributed by atoms with Crippen molar-refractivity contribution >= 4 is 34.2 Å². The van der Waals surface area contributed by atoms with Crippen molar-refractivity contribution < 1.29 is 9.53 Å². The number of unbranched alkanes of at least 4 members (excludes halogenated alkanes) is 1. The van der Waals surface area contributed by atoms with Crippen molar-refractivity contribution in [1.29, 1.82) is 0 Å². The molecule has 1 fully saturated rings. The fourth-order valence-electron chi connectivity index (χ4n) is 2.90. The van der Waals surface area contributed by atoms with Crippen LogP contribution in [-0.4, -0.2) is 43.1 Å². The molecule has 0 saturated carbocycles. The van der Waals surface area contributed by atoms with Crippen LogP contribution in [0, 0.1) is 0 Å². The van der Waals surface area contributed by atoms with Crippen molar-refractivity contribution in [1.82, 2.24) is 10.2 Å². The summed E-state index contributed by atoms with van der Waals surface area (Å²) in [6, 6.07) is 8.23. The molecule has 0 radical (unpaired) electrons. The number of ether oxygens (including phenoxy) is 1. The van der Waals surface area contributed by atoms with E-state index in [2.05, 4.69) is 33.1 Å². The average Bonchev–Trinajstić information content (AvgIpc) is 3.08. The van der Waals surface area contributed by atoms with Crippen LogP contribution in [0.5, 0.6) is 5.75 Å². The Hall–Kier alpha value is -0.780. The Morgan fingerprint density at radius 2 is 2.08 bits per heavy atom. The second kappa shape index (κ2) is 11.7. The number of carbonyl (C=O) groups is 1. The normalized spacial score (nSPS) is 16.5. The first kappa shape index (κ1) is 21.3. The van der Waals surface area contributed by atoms with E-state index in [9.17, 15) is 4.79 Å². The number of halogens is 2. The van der Waals surface area contributed by atoms with Gasteiger partial charge in [0.2, 0.25) is 5.91 Å². The maximum absolute atomic E-state index is 12.4. The van der Waals surface area contributed by atoms with Crippen LogP contribution in [0.3, 0.4) is 0 Å². The molecule has 1 N–H and O–H groups in total. The molecule has 136 valence electrons. The average molecular weight is 420 g/mol. The predicted molar refractivity (Wildman–Crippen MR) is 104 cm³/mol. The summed E-state index contributed by atoms with van der Waals surface area (Å²) in [5.41, 5.74) is 0. The third kappa shape index (κ3) is 6.99. The highest BCUT2D eigenvalue weighted by Crippen LogP contribution is 2.17. The van der Waals surface area contributed by atoms with Crippen LogP contribution in [0.15, 0.2) is 28.7 Å². The van der Waals surface area contributed by atoms with Gasteiger partial charge >= 0.3 is 0 Å². The maximum Gasteiger partial charge on any atom is 0.222 e. The van der Waals surface area contributed by atoms with E-state index in [1.165, 1.54) is 0 Å². The van der Waals surface area contributed by atoms with Crippen molar-refractivity contribution in [2.75, 3.05) is 26.2 Å². The van der Waals surface area contributed by atoms with Gasteiger partial charge in [-0.15, -0.1) is 12.4 Å². The fourth-order valence-corrected chi connectivity index (χ4v) is 3.16. The Labute approximate surface area is 159 Å². The highest BCUT2D eigenvalue weighted by atomic mass is 79.9. The van der Waals surface area contributed by atoms with E-state index in [-0.39, 0.29) is 12.4 Å². The van der Waals surface area contributed by atoms with Gasteiger partial charge in [-0.2, -0.15) is 0 Å². The number of hydrogen-bond donors (Lipinski definition) is 1. The molecule has 24 heavy (non-hydrogen) atoms. The minimum atomic E-state index is 0. The number of nitrogens with zero attached hydrogens (tertiary/aromatic N) is 1. The first-order valence-corrected chi connectivity index (χ1v) is 9.38. The van der Waals surface area contributed by atoms with E-state index in [4.69, 9.17) is 4.74 Å². The zero-order valence-corrected chi connectivity index (χ0v) is 16.7. The summed E-state index contributed by atoms with van der Waals surface area (Å²) >= 11 is 3.41. The number of amides is 1. The lowest BCUT2D eigenvalue weighted by atomic mass is 10.1. The lowest BCUT2D eigenvalue weighted by Gasteiger charge is -2.28. The molecule has 4 nitrogen and oxygen atoms in total. The van der Waals surface area contributed by atoms with E-state index in [1.54, 1.807) is 0 Å². The Morgan fingerprint density at radius 1 is 1.33 bits per heavy atom. The highest BCUT2D eigenvalue weighted by Gasteiger charge is 2.25. The van der Waals surface area contributed by atoms with Gasteiger partial charge in [-0.1, -0.05) is 22.9 Å². The summed E-state index contributed by atoms with van der Waals surface area (Å²) in [5, 5.41) is 3.35. The van der Waals surface area contributed by atoms with E-state index >= 15 is 0 Å². The van der Waals surface area contributed by atoms with Crippen molar-refractivity contribution in [3.8, 4) is 5.75 Å². The van der Waals surface area contributed by atoms with Gasteiger partial charge in [-0.05, 0) is 56.5 Å². The van der Waals surface area contributed by atoms with Crippen molar-refractivity contribution in [3.63, 3.8) is 0 Å². The molecule has 1 amide bonds. The minimum Gasteiger partial charge on any atom is -0.494 e. The number of carbonyl (C=O) groups excluding carboxylic acids is 1. The summed E-state index contributed by atoms with van der Waals surface area (Å²) in [4.78, 5) is 14.5. The summed E-state index contributed by atoms with van der Waals surface area (Å²) in [7, 11) is 0.